The van der Waals surface area contributed by atoms with Crippen LogP contribution < -0.4 is 0 Å². The summed E-state index contributed by atoms with van der Waals surface area (Å²) in [5.74, 6) is 0. The summed E-state index contributed by atoms with van der Waals surface area (Å²) in [6.07, 6.45) is 6.90. The fourth-order valence-electron chi connectivity index (χ4n) is 9.37. The van der Waals surface area contributed by atoms with Gasteiger partial charge >= 0.3 is 0 Å². The number of fused-ring (bicyclic) bond motifs is 9. The van der Waals surface area contributed by atoms with Crippen LogP contribution in [0.15, 0.2) is 188 Å². The van der Waals surface area contributed by atoms with E-state index in [1.165, 1.54) is 103 Å². The summed E-state index contributed by atoms with van der Waals surface area (Å²) in [7, 11) is 0. The molecule has 0 atom stereocenters. The lowest BCUT2D eigenvalue weighted by atomic mass is 9.94. The summed E-state index contributed by atoms with van der Waals surface area (Å²) in [4.78, 5) is 1.50. The van der Waals surface area contributed by atoms with E-state index in [4.69, 9.17) is 0 Å². The SMILES string of the molecule is C1=Cc2c(sc3c(-n4c5ccccc5c5cc(-c6ccc7c(c6)c6ccccc6n7-c6ccc(-c7ccccc7-c7ccccc7)cc6)ccc54)cccc23)CC1. The van der Waals surface area contributed by atoms with Crippen LogP contribution in [0, 0.1) is 0 Å². The Morgan fingerprint density at radius 3 is 1.65 bits per heavy atom. The second kappa shape index (κ2) is 12.8. The Bertz CT molecular complexity index is 3390. The van der Waals surface area contributed by atoms with Crippen molar-refractivity contribution in [1.82, 2.24) is 9.13 Å². The van der Waals surface area contributed by atoms with Crippen LogP contribution in [0.25, 0.3) is 105 Å². The fraction of sp³-hybridized carbons (Fsp3) is 0.0370. The highest BCUT2D eigenvalue weighted by molar-refractivity contribution is 7.19. The van der Waals surface area contributed by atoms with Crippen molar-refractivity contribution in [2.75, 3.05) is 0 Å². The first-order valence-electron chi connectivity index (χ1n) is 19.8. The van der Waals surface area contributed by atoms with Crippen molar-refractivity contribution in [2.24, 2.45) is 0 Å². The number of hydrogen-bond donors (Lipinski definition) is 0. The van der Waals surface area contributed by atoms with E-state index >= 15 is 0 Å². The van der Waals surface area contributed by atoms with Crippen LogP contribution in [0.2, 0.25) is 0 Å². The predicted octanol–water partition coefficient (Wildman–Crippen LogP) is 15.1. The van der Waals surface area contributed by atoms with Gasteiger partial charge in [0.05, 0.1) is 32.5 Å². The van der Waals surface area contributed by atoms with E-state index in [1.807, 2.05) is 11.3 Å². The molecule has 0 amide bonds. The predicted molar refractivity (Wildman–Crippen MR) is 244 cm³/mol. The van der Waals surface area contributed by atoms with Gasteiger partial charge in [0.25, 0.3) is 0 Å². The number of nitrogens with zero attached hydrogens (tertiary/aromatic N) is 2. The Kier molecular flexibility index (Phi) is 7.26. The zero-order chi connectivity index (χ0) is 37.5. The number of para-hydroxylation sites is 2. The first kappa shape index (κ1) is 32.3. The normalized spacial score (nSPS) is 12.7. The highest BCUT2D eigenvalue weighted by Crippen LogP contribution is 2.43. The summed E-state index contributed by atoms with van der Waals surface area (Å²) in [6, 6.07) is 67.0. The molecule has 3 aromatic heterocycles. The summed E-state index contributed by atoms with van der Waals surface area (Å²) in [5.41, 5.74) is 16.1. The van der Waals surface area contributed by atoms with Gasteiger partial charge in [-0.15, -0.1) is 11.3 Å². The van der Waals surface area contributed by atoms with Gasteiger partial charge in [-0.2, -0.15) is 0 Å². The first-order chi connectivity index (χ1) is 28.3. The Hall–Kier alpha value is -6.94. The van der Waals surface area contributed by atoms with E-state index < -0.39 is 0 Å². The van der Waals surface area contributed by atoms with Gasteiger partial charge in [-0.3, -0.25) is 0 Å². The molecule has 8 aromatic carbocycles. The third kappa shape index (κ3) is 5.02. The largest absolute Gasteiger partial charge is 0.309 e. The molecule has 57 heavy (non-hydrogen) atoms. The molecule has 0 spiro atoms. The van der Waals surface area contributed by atoms with E-state index in [0.29, 0.717) is 0 Å². The fourth-order valence-corrected chi connectivity index (χ4v) is 10.7. The molecule has 0 fully saturated rings. The van der Waals surface area contributed by atoms with Crippen molar-refractivity contribution in [2.45, 2.75) is 12.8 Å². The zero-order valence-electron chi connectivity index (χ0n) is 31.2. The smallest absolute Gasteiger partial charge is 0.0640 e. The number of thiophene rings is 1. The Morgan fingerprint density at radius 2 is 0.947 bits per heavy atom. The van der Waals surface area contributed by atoms with Crippen LogP contribution in [-0.4, -0.2) is 9.13 Å². The van der Waals surface area contributed by atoms with Crippen molar-refractivity contribution in [1.29, 1.82) is 0 Å². The van der Waals surface area contributed by atoms with E-state index in [-0.39, 0.29) is 0 Å². The first-order valence-corrected chi connectivity index (χ1v) is 20.6. The number of allylic oxidation sites excluding steroid dienone is 1. The lowest BCUT2D eigenvalue weighted by molar-refractivity contribution is 1.02. The number of rotatable bonds is 5. The molecule has 3 heteroatoms. The Morgan fingerprint density at radius 1 is 0.404 bits per heavy atom. The molecule has 11 aromatic rings. The zero-order valence-corrected chi connectivity index (χ0v) is 32.0. The highest BCUT2D eigenvalue weighted by atomic mass is 32.1. The molecule has 0 saturated carbocycles. The molecular formula is C54H36N2S. The molecule has 12 rings (SSSR count). The van der Waals surface area contributed by atoms with Crippen molar-refractivity contribution >= 4 is 71.1 Å². The van der Waals surface area contributed by atoms with Gasteiger partial charge in [-0.25, -0.2) is 0 Å². The lowest BCUT2D eigenvalue weighted by Gasteiger charge is -2.12. The third-order valence-electron chi connectivity index (χ3n) is 12.0. The van der Waals surface area contributed by atoms with Crippen molar-refractivity contribution in [3.05, 3.63) is 199 Å². The monoisotopic (exact) mass is 744 g/mol. The van der Waals surface area contributed by atoms with Crippen LogP contribution in [0.4, 0.5) is 0 Å². The lowest BCUT2D eigenvalue weighted by Crippen LogP contribution is -1.94. The Labute approximate surface area is 334 Å². The average Bonchev–Trinajstić information content (AvgIpc) is 3.94. The van der Waals surface area contributed by atoms with E-state index in [9.17, 15) is 0 Å². The van der Waals surface area contributed by atoms with Gasteiger partial charge in [0.1, 0.15) is 0 Å². The number of aromatic nitrogens is 2. The minimum absolute atomic E-state index is 1.12. The van der Waals surface area contributed by atoms with Gasteiger partial charge in [-0.05, 0) is 106 Å². The standard InChI is InChI=1S/C54H36N2S/c1-2-13-35(14-3-1)40-15-4-5-16-41(40)36-25-29-39(30-26-36)55-48-21-9-6-17-42(48)46-33-37(27-31-50(46)55)38-28-32-51-47(34-38)43-18-7-10-22-49(43)56(51)52-23-12-20-45-44-19-8-11-24-53(44)57-54(45)52/h1-10,12-23,25-34H,11,24H2. The second-order valence-electron chi connectivity index (χ2n) is 15.2. The summed E-state index contributed by atoms with van der Waals surface area (Å²) >= 11 is 1.97. The highest BCUT2D eigenvalue weighted by Gasteiger charge is 2.20. The minimum atomic E-state index is 1.12. The summed E-state index contributed by atoms with van der Waals surface area (Å²) in [6.45, 7) is 0. The third-order valence-corrected chi connectivity index (χ3v) is 13.3. The van der Waals surface area contributed by atoms with Crippen molar-refractivity contribution < 1.29 is 0 Å². The number of hydrogen-bond acceptors (Lipinski definition) is 1. The van der Waals surface area contributed by atoms with Crippen LogP contribution in [-0.2, 0) is 6.42 Å². The maximum absolute atomic E-state index is 2.49. The van der Waals surface area contributed by atoms with Crippen LogP contribution >= 0.6 is 11.3 Å². The molecule has 3 heterocycles. The van der Waals surface area contributed by atoms with Gasteiger partial charge in [-0.1, -0.05) is 140 Å². The quantitative estimate of drug-likeness (QED) is 0.166. The molecule has 0 N–H and O–H groups in total. The molecule has 1 aliphatic carbocycles. The molecule has 2 nitrogen and oxygen atoms in total. The number of benzene rings is 8. The van der Waals surface area contributed by atoms with Gasteiger partial charge in [0.2, 0.25) is 0 Å². The molecule has 1 aliphatic rings. The average molecular weight is 745 g/mol. The number of aryl methyl sites for hydroxylation is 1. The topological polar surface area (TPSA) is 9.86 Å². The molecule has 268 valence electrons. The minimum Gasteiger partial charge on any atom is -0.309 e. The molecule has 0 aliphatic heterocycles. The van der Waals surface area contributed by atoms with E-state index in [0.717, 1.165) is 18.5 Å². The van der Waals surface area contributed by atoms with Crippen LogP contribution in [0.1, 0.15) is 16.9 Å². The van der Waals surface area contributed by atoms with Gasteiger partial charge in [0, 0.05) is 37.5 Å². The molecule has 0 saturated heterocycles. The maximum Gasteiger partial charge on any atom is 0.0640 e. The van der Waals surface area contributed by atoms with E-state index in [2.05, 4.69) is 203 Å². The molecule has 0 unspecified atom stereocenters. The van der Waals surface area contributed by atoms with Gasteiger partial charge < -0.3 is 9.13 Å². The summed E-state index contributed by atoms with van der Waals surface area (Å²) < 4.78 is 6.27. The van der Waals surface area contributed by atoms with E-state index in [1.54, 1.807) is 0 Å². The van der Waals surface area contributed by atoms with Gasteiger partial charge in [0.15, 0.2) is 0 Å². The Balaban J connectivity index is 0.974. The van der Waals surface area contributed by atoms with Crippen molar-refractivity contribution in [3.8, 4) is 44.8 Å². The second-order valence-corrected chi connectivity index (χ2v) is 16.3. The summed E-state index contributed by atoms with van der Waals surface area (Å²) in [5, 5.41) is 6.43. The van der Waals surface area contributed by atoms with Crippen LogP contribution in [0.5, 0.6) is 0 Å². The maximum atomic E-state index is 2.49. The molecule has 0 radical (unpaired) electrons. The van der Waals surface area contributed by atoms with Crippen LogP contribution in [0.3, 0.4) is 0 Å². The molecular weight excluding hydrogens is 709 g/mol. The molecule has 0 bridgehead atoms. The van der Waals surface area contributed by atoms with Crippen molar-refractivity contribution in [3.63, 3.8) is 0 Å².